The molecule has 0 aliphatic carbocycles. The lowest BCUT2D eigenvalue weighted by atomic mass is 10.2. The van der Waals surface area contributed by atoms with Gasteiger partial charge in [0.15, 0.2) is 23.1 Å². The summed E-state index contributed by atoms with van der Waals surface area (Å²) in [6.07, 6.45) is 0. The van der Waals surface area contributed by atoms with E-state index in [0.29, 0.717) is 24.6 Å². The van der Waals surface area contributed by atoms with E-state index in [0.717, 1.165) is 21.8 Å². The maximum absolute atomic E-state index is 13.9. The summed E-state index contributed by atoms with van der Waals surface area (Å²) in [7, 11) is 6.68. The topological polar surface area (TPSA) is 43.8 Å². The third kappa shape index (κ3) is 4.43. The van der Waals surface area contributed by atoms with E-state index < -0.39 is 0 Å². The van der Waals surface area contributed by atoms with Crippen molar-refractivity contribution in [3.05, 3.63) is 58.9 Å². The molecule has 0 unspecified atom stereocenters. The molecule has 0 bridgehead atoms. The summed E-state index contributed by atoms with van der Waals surface area (Å²) in [4.78, 5) is 6.82. The van der Waals surface area contributed by atoms with Gasteiger partial charge in [-0.15, -0.1) is 11.3 Å². The number of ether oxygens (including phenoxy) is 3. The van der Waals surface area contributed by atoms with Gasteiger partial charge in [0.2, 0.25) is 0 Å². The smallest absolute Gasteiger partial charge is 0.170 e. The molecule has 1 heterocycles. The van der Waals surface area contributed by atoms with Crippen molar-refractivity contribution in [2.75, 3.05) is 28.4 Å². The molecule has 28 heavy (non-hydrogen) atoms. The molecule has 3 rings (SSSR count). The molecule has 0 N–H and O–H groups in total. The number of rotatable bonds is 8. The van der Waals surface area contributed by atoms with Crippen molar-refractivity contribution in [1.82, 2.24) is 9.88 Å². The van der Waals surface area contributed by atoms with Gasteiger partial charge in [0.1, 0.15) is 5.01 Å². The summed E-state index contributed by atoms with van der Waals surface area (Å²) in [5.41, 5.74) is 2.73. The van der Waals surface area contributed by atoms with E-state index in [4.69, 9.17) is 19.2 Å². The first kappa shape index (κ1) is 20.1. The zero-order valence-corrected chi connectivity index (χ0v) is 17.2. The van der Waals surface area contributed by atoms with Crippen molar-refractivity contribution in [1.29, 1.82) is 0 Å². The number of nitrogens with zero attached hydrogens (tertiary/aromatic N) is 2. The van der Waals surface area contributed by atoms with Gasteiger partial charge >= 0.3 is 0 Å². The number of benzene rings is 2. The molecule has 0 saturated heterocycles. The molecule has 0 aliphatic heterocycles. The molecule has 0 radical (unpaired) electrons. The van der Waals surface area contributed by atoms with Gasteiger partial charge in [-0.2, -0.15) is 0 Å². The third-order valence-electron chi connectivity index (χ3n) is 4.29. The fourth-order valence-electron chi connectivity index (χ4n) is 3.01. The largest absolute Gasteiger partial charge is 0.494 e. The van der Waals surface area contributed by atoms with Crippen LogP contribution in [0.4, 0.5) is 4.39 Å². The Kier molecular flexibility index (Phi) is 6.49. The van der Waals surface area contributed by atoms with Gasteiger partial charge < -0.3 is 14.2 Å². The molecule has 0 atom stereocenters. The van der Waals surface area contributed by atoms with Gasteiger partial charge in [-0.05, 0) is 36.9 Å². The molecular weight excluding hydrogens is 379 g/mol. The minimum atomic E-state index is -0.352. The van der Waals surface area contributed by atoms with E-state index in [1.54, 1.807) is 31.6 Å². The minimum absolute atomic E-state index is 0.253. The van der Waals surface area contributed by atoms with Crippen LogP contribution >= 0.6 is 11.3 Å². The zero-order valence-electron chi connectivity index (χ0n) is 16.4. The lowest BCUT2D eigenvalue weighted by Gasteiger charge is -2.16. The Morgan fingerprint density at radius 2 is 1.79 bits per heavy atom. The van der Waals surface area contributed by atoms with Gasteiger partial charge in [0.25, 0.3) is 0 Å². The fraction of sp³-hybridized carbons (Fsp3) is 0.286. The maximum Gasteiger partial charge on any atom is 0.170 e. The van der Waals surface area contributed by atoms with E-state index >= 15 is 0 Å². The number of halogens is 1. The summed E-state index contributed by atoms with van der Waals surface area (Å²) in [6, 6.07) is 10.8. The van der Waals surface area contributed by atoms with Gasteiger partial charge in [0.05, 0.1) is 32.6 Å². The molecular formula is C21H23FN2O3S. The number of para-hydroxylation sites is 1. The summed E-state index contributed by atoms with van der Waals surface area (Å²) in [5, 5.41) is 2.90. The predicted octanol–water partition coefficient (Wildman–Crippen LogP) is 4.61. The molecule has 0 saturated carbocycles. The molecule has 0 amide bonds. The molecule has 0 fully saturated rings. The van der Waals surface area contributed by atoms with Crippen molar-refractivity contribution in [2.45, 2.75) is 13.1 Å². The summed E-state index contributed by atoms with van der Waals surface area (Å²) < 4.78 is 29.7. The first-order chi connectivity index (χ1) is 13.5. The van der Waals surface area contributed by atoms with Crippen LogP contribution in [0, 0.1) is 5.82 Å². The van der Waals surface area contributed by atoms with Crippen molar-refractivity contribution in [3.63, 3.8) is 0 Å². The Balaban J connectivity index is 1.72. The Labute approximate surface area is 168 Å². The van der Waals surface area contributed by atoms with Crippen LogP contribution in [0.2, 0.25) is 0 Å². The molecule has 1 aromatic heterocycles. The van der Waals surface area contributed by atoms with E-state index in [1.165, 1.54) is 13.2 Å². The molecule has 0 aliphatic rings. The summed E-state index contributed by atoms with van der Waals surface area (Å²) in [5.74, 6) is 1.25. The van der Waals surface area contributed by atoms with Crippen LogP contribution in [0.15, 0.2) is 41.8 Å². The van der Waals surface area contributed by atoms with Crippen LogP contribution in [-0.4, -0.2) is 38.3 Å². The highest BCUT2D eigenvalue weighted by atomic mass is 32.1. The van der Waals surface area contributed by atoms with E-state index in [-0.39, 0.29) is 11.6 Å². The highest BCUT2D eigenvalue weighted by Gasteiger charge is 2.15. The van der Waals surface area contributed by atoms with E-state index in [1.807, 2.05) is 36.7 Å². The third-order valence-corrected chi connectivity index (χ3v) is 5.21. The van der Waals surface area contributed by atoms with Gasteiger partial charge in [-0.3, -0.25) is 4.90 Å². The summed E-state index contributed by atoms with van der Waals surface area (Å²) >= 11 is 1.56. The van der Waals surface area contributed by atoms with Crippen LogP contribution in [-0.2, 0) is 13.1 Å². The highest BCUT2D eigenvalue weighted by molar-refractivity contribution is 7.13. The number of hydrogen-bond donors (Lipinski definition) is 0. The Hall–Kier alpha value is -2.64. The minimum Gasteiger partial charge on any atom is -0.494 e. The fourth-order valence-corrected chi connectivity index (χ4v) is 3.84. The zero-order chi connectivity index (χ0) is 20.1. The highest BCUT2D eigenvalue weighted by Crippen LogP contribution is 2.39. The molecule has 5 nitrogen and oxygen atoms in total. The average molecular weight is 402 g/mol. The van der Waals surface area contributed by atoms with Crippen molar-refractivity contribution in [2.24, 2.45) is 0 Å². The van der Waals surface area contributed by atoms with Crippen LogP contribution in [0.1, 0.15) is 11.3 Å². The molecule has 0 spiro atoms. The standard InChI is InChI=1S/C21H23FN2O3S/c1-24(11-14-8-9-18(25-2)17(22)10-14)12-15-13-28-21(23-15)16-6-5-7-19(26-3)20(16)27-4/h5-10,13H,11-12H2,1-4H3. The first-order valence-electron chi connectivity index (χ1n) is 8.72. The van der Waals surface area contributed by atoms with Gasteiger partial charge in [-0.25, -0.2) is 9.37 Å². The second-order valence-corrected chi connectivity index (χ2v) is 7.18. The lowest BCUT2D eigenvalue weighted by molar-refractivity contribution is 0.314. The van der Waals surface area contributed by atoms with Crippen LogP contribution < -0.4 is 14.2 Å². The van der Waals surface area contributed by atoms with Crippen LogP contribution in [0.5, 0.6) is 17.2 Å². The van der Waals surface area contributed by atoms with Crippen LogP contribution in [0.25, 0.3) is 10.6 Å². The molecule has 7 heteroatoms. The maximum atomic E-state index is 13.9. The van der Waals surface area contributed by atoms with Gasteiger partial charge in [-0.1, -0.05) is 12.1 Å². The van der Waals surface area contributed by atoms with Crippen LogP contribution in [0.3, 0.4) is 0 Å². The normalized spacial score (nSPS) is 10.9. The number of methoxy groups -OCH3 is 3. The van der Waals surface area contributed by atoms with Crippen molar-refractivity contribution in [3.8, 4) is 27.8 Å². The quantitative estimate of drug-likeness (QED) is 0.551. The van der Waals surface area contributed by atoms with Gasteiger partial charge in [0, 0.05) is 18.5 Å². The second-order valence-electron chi connectivity index (χ2n) is 6.33. The second kappa shape index (κ2) is 9.03. The molecule has 2 aromatic carbocycles. The number of aromatic nitrogens is 1. The number of thiazole rings is 1. The van der Waals surface area contributed by atoms with Crippen molar-refractivity contribution < 1.29 is 18.6 Å². The predicted molar refractivity (Wildman–Crippen MR) is 109 cm³/mol. The summed E-state index contributed by atoms with van der Waals surface area (Å²) in [6.45, 7) is 1.26. The van der Waals surface area contributed by atoms with E-state index in [2.05, 4.69) is 4.90 Å². The van der Waals surface area contributed by atoms with Crippen molar-refractivity contribution >= 4 is 11.3 Å². The van der Waals surface area contributed by atoms with E-state index in [9.17, 15) is 4.39 Å². The molecule has 148 valence electrons. The SMILES string of the molecule is COc1ccc(CN(C)Cc2csc(-c3cccc(OC)c3OC)n2)cc1F. The monoisotopic (exact) mass is 402 g/mol. The Morgan fingerprint density at radius 3 is 2.46 bits per heavy atom. The number of hydrogen-bond acceptors (Lipinski definition) is 6. The Bertz CT molecular complexity index is 945. The first-order valence-corrected chi connectivity index (χ1v) is 9.60. The average Bonchev–Trinajstić information content (AvgIpc) is 3.15. The lowest BCUT2D eigenvalue weighted by Crippen LogP contribution is -2.17. The Morgan fingerprint density at radius 1 is 1.00 bits per heavy atom. The molecule has 3 aromatic rings.